The summed E-state index contributed by atoms with van der Waals surface area (Å²) in [4.78, 5) is 27.4. The average molecular weight is 430 g/mol. The number of aromatic amines is 1. The second-order valence-electron chi connectivity index (χ2n) is 7.12. The number of hydrogen-bond donors (Lipinski definition) is 2. The number of carbonyl (C=O) groups excluding carboxylic acids is 1. The van der Waals surface area contributed by atoms with E-state index >= 15 is 0 Å². The maximum absolute atomic E-state index is 13.2. The average Bonchev–Trinajstić information content (AvgIpc) is 3.25. The maximum Gasteiger partial charge on any atom is 0.276 e. The first-order chi connectivity index (χ1) is 14.4. The number of aromatic nitrogens is 3. The smallest absolute Gasteiger partial charge is 0.276 e. The second-order valence-corrected chi connectivity index (χ2v) is 7.68. The number of rotatable bonds is 4. The van der Waals surface area contributed by atoms with Gasteiger partial charge in [0.2, 0.25) is 0 Å². The number of pyridine rings is 1. The van der Waals surface area contributed by atoms with E-state index in [-0.39, 0.29) is 11.5 Å². The van der Waals surface area contributed by atoms with Crippen LogP contribution in [0.2, 0.25) is 0 Å². The Kier molecular flexibility index (Phi) is 5.44. The molecule has 2 aromatic heterocycles. The third-order valence-corrected chi connectivity index (χ3v) is 5.76. The highest BCUT2D eigenvalue weighted by Gasteiger charge is 2.27. The van der Waals surface area contributed by atoms with Crippen LogP contribution in [0.1, 0.15) is 10.4 Å². The van der Waals surface area contributed by atoms with Crippen molar-refractivity contribution in [1.82, 2.24) is 24.0 Å². The molecule has 9 nitrogen and oxygen atoms in total. The van der Waals surface area contributed by atoms with Gasteiger partial charge in [-0.1, -0.05) is 12.8 Å². The number of benzene rings is 1. The van der Waals surface area contributed by atoms with E-state index in [1.54, 1.807) is 36.5 Å². The summed E-state index contributed by atoms with van der Waals surface area (Å²) in [6.07, 6.45) is 3.35. The number of aryl methyl sites for hydroxylation is 1. The first kappa shape index (κ1) is 20.3. The fourth-order valence-corrected chi connectivity index (χ4v) is 3.90. The summed E-state index contributed by atoms with van der Waals surface area (Å²) in [6, 6.07) is 3.58. The minimum atomic E-state index is -0.166. The first-order valence-corrected chi connectivity index (χ1v) is 9.86. The zero-order chi connectivity index (χ0) is 21.4. The molecule has 0 saturated carbocycles. The molecule has 0 spiro atoms. The third-order valence-electron chi connectivity index (χ3n) is 5.36. The zero-order valence-corrected chi connectivity index (χ0v) is 17.9. The van der Waals surface area contributed by atoms with Gasteiger partial charge in [-0.25, -0.2) is 4.31 Å². The molecule has 0 radical (unpaired) electrons. The Hall–Kier alpha value is -2.98. The number of nitrogens with one attached hydrogen (secondary N) is 1. The molecule has 3 heterocycles. The highest BCUT2D eigenvalue weighted by Crippen LogP contribution is 2.37. The van der Waals surface area contributed by atoms with Crippen molar-refractivity contribution >= 4 is 29.6 Å². The van der Waals surface area contributed by atoms with Gasteiger partial charge in [0.25, 0.3) is 11.5 Å². The number of H-pyrrole nitrogens is 1. The van der Waals surface area contributed by atoms with Crippen molar-refractivity contribution in [2.45, 2.75) is 0 Å². The Bertz CT molecular complexity index is 1140. The van der Waals surface area contributed by atoms with Gasteiger partial charge in [0.05, 0.1) is 20.4 Å². The van der Waals surface area contributed by atoms with Crippen molar-refractivity contribution in [1.29, 1.82) is 0 Å². The molecule has 0 bridgehead atoms. The standard InChI is InChI=1S/C20H23N5O4S/c1-23-11-14(13-10-21-22-18(13)20(23)27)12-8-15(28-2)17(16(9-12)29-3)19(26)24-4-6-25(30)7-5-24/h8-11,30H,4-7H2,1-3H3,(H,21,22). The molecule has 1 amide bonds. The van der Waals surface area contributed by atoms with Crippen molar-refractivity contribution in [2.24, 2.45) is 7.05 Å². The maximum atomic E-state index is 13.2. The van der Waals surface area contributed by atoms with E-state index in [0.29, 0.717) is 54.1 Å². The minimum Gasteiger partial charge on any atom is -0.496 e. The van der Waals surface area contributed by atoms with Gasteiger partial charge in [0.15, 0.2) is 0 Å². The van der Waals surface area contributed by atoms with Crippen molar-refractivity contribution in [2.75, 3.05) is 40.4 Å². The van der Waals surface area contributed by atoms with E-state index in [1.807, 2.05) is 4.31 Å². The molecule has 10 heteroatoms. The number of ether oxygens (including phenoxy) is 2. The molecule has 4 rings (SSSR count). The van der Waals surface area contributed by atoms with E-state index in [0.717, 1.165) is 11.1 Å². The number of nitrogens with zero attached hydrogens (tertiary/aromatic N) is 4. The van der Waals surface area contributed by atoms with Crippen molar-refractivity contribution in [3.05, 3.63) is 40.4 Å². The van der Waals surface area contributed by atoms with E-state index in [2.05, 4.69) is 23.0 Å². The molecule has 3 aromatic rings. The van der Waals surface area contributed by atoms with Gasteiger partial charge < -0.3 is 18.9 Å². The SMILES string of the molecule is COc1cc(-c2cn(C)c(=O)c3[nH]ncc23)cc(OC)c1C(=O)N1CCN(S)CC1. The molecule has 158 valence electrons. The third kappa shape index (κ3) is 3.41. The quantitative estimate of drug-likeness (QED) is 0.612. The van der Waals surface area contributed by atoms with E-state index in [9.17, 15) is 9.59 Å². The number of thiol groups is 1. The number of methoxy groups -OCH3 is 2. The topological polar surface area (TPSA) is 92.7 Å². The Morgan fingerprint density at radius 3 is 2.37 bits per heavy atom. The summed E-state index contributed by atoms with van der Waals surface area (Å²) in [7, 11) is 4.73. The molecular weight excluding hydrogens is 406 g/mol. The lowest BCUT2D eigenvalue weighted by atomic mass is 10.00. The predicted molar refractivity (Wildman–Crippen MR) is 116 cm³/mol. The minimum absolute atomic E-state index is 0.148. The Labute approximate surface area is 178 Å². The van der Waals surface area contributed by atoms with Crippen LogP contribution in [0.15, 0.2) is 29.3 Å². The van der Waals surface area contributed by atoms with Gasteiger partial charge >= 0.3 is 0 Å². The second kappa shape index (κ2) is 8.04. The molecular formula is C20H23N5O4S. The van der Waals surface area contributed by atoms with Crippen LogP contribution in [0.4, 0.5) is 0 Å². The summed E-state index contributed by atoms with van der Waals surface area (Å²) >= 11 is 4.34. The monoisotopic (exact) mass is 429 g/mol. The predicted octanol–water partition coefficient (Wildman–Crippen LogP) is 1.55. The molecule has 1 aliphatic heterocycles. The van der Waals surface area contributed by atoms with E-state index < -0.39 is 0 Å². The van der Waals surface area contributed by atoms with Gasteiger partial charge in [0.1, 0.15) is 22.6 Å². The number of carbonyl (C=O) groups is 1. The number of amides is 1. The summed E-state index contributed by atoms with van der Waals surface area (Å²) in [5, 5.41) is 7.46. The number of hydrogen-bond acceptors (Lipinski definition) is 7. The fraction of sp³-hybridized carbons (Fsp3) is 0.350. The lowest BCUT2D eigenvalue weighted by molar-refractivity contribution is 0.0698. The molecule has 0 unspecified atom stereocenters. The van der Waals surface area contributed by atoms with Crippen molar-refractivity contribution < 1.29 is 14.3 Å². The Morgan fingerprint density at radius 2 is 1.77 bits per heavy atom. The molecule has 1 aliphatic rings. The summed E-state index contributed by atoms with van der Waals surface area (Å²) in [5.41, 5.74) is 2.16. The molecule has 0 atom stereocenters. The van der Waals surface area contributed by atoms with Gasteiger partial charge in [-0.2, -0.15) is 5.10 Å². The summed E-state index contributed by atoms with van der Waals surface area (Å²) in [6.45, 7) is 2.53. The van der Waals surface area contributed by atoms with Crippen LogP contribution >= 0.6 is 12.8 Å². The van der Waals surface area contributed by atoms with Crippen molar-refractivity contribution in [3.8, 4) is 22.6 Å². The van der Waals surface area contributed by atoms with Gasteiger partial charge in [-0.3, -0.25) is 14.7 Å². The van der Waals surface area contributed by atoms with Gasteiger partial charge in [0, 0.05) is 50.4 Å². The molecule has 1 N–H and O–H groups in total. The van der Waals surface area contributed by atoms with E-state index in [4.69, 9.17) is 9.47 Å². The van der Waals surface area contributed by atoms with Crippen LogP contribution < -0.4 is 15.0 Å². The number of piperazine rings is 1. The van der Waals surface area contributed by atoms with Crippen LogP contribution in [-0.4, -0.2) is 70.3 Å². The highest BCUT2D eigenvalue weighted by atomic mass is 32.1. The summed E-state index contributed by atoms with van der Waals surface area (Å²) < 4.78 is 14.5. The van der Waals surface area contributed by atoms with Crippen LogP contribution in [0, 0.1) is 0 Å². The normalized spacial score (nSPS) is 14.9. The van der Waals surface area contributed by atoms with Crippen LogP contribution in [0.5, 0.6) is 11.5 Å². The fourth-order valence-electron chi connectivity index (χ4n) is 3.72. The van der Waals surface area contributed by atoms with Crippen LogP contribution in [-0.2, 0) is 7.05 Å². The van der Waals surface area contributed by atoms with Crippen LogP contribution in [0.3, 0.4) is 0 Å². The largest absolute Gasteiger partial charge is 0.496 e. The van der Waals surface area contributed by atoms with Crippen LogP contribution in [0.25, 0.3) is 22.0 Å². The molecule has 30 heavy (non-hydrogen) atoms. The first-order valence-electron chi connectivity index (χ1n) is 9.46. The molecule has 1 aromatic carbocycles. The highest BCUT2D eigenvalue weighted by molar-refractivity contribution is 7.77. The molecule has 1 saturated heterocycles. The van der Waals surface area contributed by atoms with Gasteiger partial charge in [-0.05, 0) is 17.7 Å². The van der Waals surface area contributed by atoms with E-state index in [1.165, 1.54) is 18.8 Å². The van der Waals surface area contributed by atoms with Gasteiger partial charge in [-0.15, -0.1) is 0 Å². The van der Waals surface area contributed by atoms with Crippen molar-refractivity contribution in [3.63, 3.8) is 0 Å². The lowest BCUT2D eigenvalue weighted by Crippen LogP contribution is -2.45. The Morgan fingerprint density at radius 1 is 1.13 bits per heavy atom. The Balaban J connectivity index is 1.84. The number of fused-ring (bicyclic) bond motifs is 1. The molecule has 0 aliphatic carbocycles. The lowest BCUT2D eigenvalue weighted by Gasteiger charge is -2.32. The zero-order valence-electron chi connectivity index (χ0n) is 17.0. The molecule has 1 fully saturated rings. The summed E-state index contributed by atoms with van der Waals surface area (Å²) in [5.74, 6) is 0.673.